The quantitative estimate of drug-likeness (QED) is 0.234. The van der Waals surface area contributed by atoms with Crippen LogP contribution in [-0.2, 0) is 14.3 Å². The van der Waals surface area contributed by atoms with Crippen LogP contribution < -0.4 is 0 Å². The van der Waals surface area contributed by atoms with Gasteiger partial charge in [-0.3, -0.25) is 4.79 Å². The fraction of sp³-hybridized carbons (Fsp3) is 0.444. The summed E-state index contributed by atoms with van der Waals surface area (Å²) in [6.07, 6.45) is -14.0. The van der Waals surface area contributed by atoms with Gasteiger partial charge in [-0.15, -0.1) is 0 Å². The lowest BCUT2D eigenvalue weighted by molar-refractivity contribution is -0.347. The average molecular weight is 555 g/mol. The standard InChI is InChI=1S/C18H11F14NO3/c1-8(33(2)11(34)13(19,20)15(23,24)17(27,28)29)10(9-6-4-3-5-7-9)36-12(35)14(21,22)16(25,26)18(30,31)32/h3-7H,1-2H3/b10-8+. The summed E-state index contributed by atoms with van der Waals surface area (Å²) in [5.41, 5.74) is -2.18. The van der Waals surface area contributed by atoms with Crippen molar-refractivity contribution in [3.8, 4) is 0 Å². The maximum Gasteiger partial charge on any atom is 0.460 e. The molecule has 0 atom stereocenters. The molecule has 1 rings (SSSR count). The summed E-state index contributed by atoms with van der Waals surface area (Å²) in [4.78, 5) is 22.7. The van der Waals surface area contributed by atoms with Gasteiger partial charge in [0.2, 0.25) is 0 Å². The molecule has 0 saturated heterocycles. The molecule has 18 heteroatoms. The first kappa shape index (κ1) is 31.0. The lowest BCUT2D eigenvalue weighted by Crippen LogP contribution is -2.59. The Balaban J connectivity index is 3.64. The first-order valence-corrected chi connectivity index (χ1v) is 8.77. The highest BCUT2D eigenvalue weighted by Gasteiger charge is 2.78. The van der Waals surface area contributed by atoms with Crippen molar-refractivity contribution in [3.63, 3.8) is 0 Å². The minimum atomic E-state index is -7.03. The van der Waals surface area contributed by atoms with Crippen LogP contribution in [0.25, 0.3) is 5.76 Å². The number of allylic oxidation sites excluding steroid dienone is 1. The molecule has 0 N–H and O–H groups in total. The van der Waals surface area contributed by atoms with Gasteiger partial charge in [-0.25, -0.2) is 4.79 Å². The Hall–Kier alpha value is -3.08. The Morgan fingerprint density at radius 3 is 1.47 bits per heavy atom. The Morgan fingerprint density at radius 2 is 1.08 bits per heavy atom. The van der Waals surface area contributed by atoms with E-state index in [9.17, 15) is 71.1 Å². The summed E-state index contributed by atoms with van der Waals surface area (Å²) < 4.78 is 186. The number of alkyl halides is 14. The molecule has 36 heavy (non-hydrogen) atoms. The van der Waals surface area contributed by atoms with Crippen LogP contribution in [0.15, 0.2) is 36.0 Å². The number of halogens is 14. The van der Waals surface area contributed by atoms with Crippen LogP contribution in [0.4, 0.5) is 61.5 Å². The Labute approximate surface area is 191 Å². The zero-order valence-corrected chi connectivity index (χ0v) is 17.4. The van der Waals surface area contributed by atoms with Gasteiger partial charge >= 0.3 is 47.9 Å². The minimum Gasteiger partial charge on any atom is -0.419 e. The summed E-state index contributed by atoms with van der Waals surface area (Å²) in [5, 5.41) is 0. The molecule has 0 fully saturated rings. The summed E-state index contributed by atoms with van der Waals surface area (Å²) in [5.74, 6) is -35.8. The highest BCUT2D eigenvalue weighted by molar-refractivity contribution is 5.89. The van der Waals surface area contributed by atoms with E-state index in [2.05, 4.69) is 4.74 Å². The first-order valence-electron chi connectivity index (χ1n) is 8.77. The molecule has 0 aliphatic carbocycles. The number of hydrogen-bond acceptors (Lipinski definition) is 3. The fourth-order valence-electron chi connectivity index (χ4n) is 2.22. The second-order valence-electron chi connectivity index (χ2n) is 6.83. The molecular formula is C18H11F14NO3. The SMILES string of the molecule is C/C(=C(\OC(=O)C(F)(F)C(F)(F)C(F)(F)F)c1ccccc1)N(C)C(=O)C(F)(F)C(F)(F)C(F)(F)F. The van der Waals surface area contributed by atoms with Crippen molar-refractivity contribution in [2.45, 2.75) is 43.0 Å². The van der Waals surface area contributed by atoms with Crippen molar-refractivity contribution in [3.05, 3.63) is 41.6 Å². The van der Waals surface area contributed by atoms with E-state index in [1.54, 1.807) is 0 Å². The normalized spacial score (nSPS) is 14.8. The van der Waals surface area contributed by atoms with Gasteiger partial charge in [0, 0.05) is 12.6 Å². The predicted molar refractivity (Wildman–Crippen MR) is 89.8 cm³/mol. The molecule has 0 aromatic heterocycles. The average Bonchev–Trinajstić information content (AvgIpc) is 2.74. The molecule has 1 amide bonds. The maximum atomic E-state index is 13.8. The lowest BCUT2D eigenvalue weighted by Gasteiger charge is -2.31. The molecule has 204 valence electrons. The maximum absolute atomic E-state index is 13.8. The van der Waals surface area contributed by atoms with Gasteiger partial charge in [-0.1, -0.05) is 30.3 Å². The topological polar surface area (TPSA) is 46.6 Å². The van der Waals surface area contributed by atoms with Crippen molar-refractivity contribution >= 4 is 17.6 Å². The van der Waals surface area contributed by atoms with Gasteiger partial charge in [-0.2, -0.15) is 61.5 Å². The summed E-state index contributed by atoms with van der Waals surface area (Å²) in [7, 11) is 0.0806. The third-order valence-electron chi connectivity index (χ3n) is 4.39. The molecule has 1 aromatic carbocycles. The Kier molecular flexibility index (Phi) is 8.10. The number of esters is 1. The highest BCUT2D eigenvalue weighted by atomic mass is 19.4. The van der Waals surface area contributed by atoms with E-state index in [4.69, 9.17) is 0 Å². The van der Waals surface area contributed by atoms with Crippen molar-refractivity contribution < 1.29 is 75.8 Å². The smallest absolute Gasteiger partial charge is 0.419 e. The van der Waals surface area contributed by atoms with Gasteiger partial charge in [-0.05, 0) is 6.92 Å². The monoisotopic (exact) mass is 555 g/mol. The summed E-state index contributed by atoms with van der Waals surface area (Å²) in [6, 6.07) is 4.61. The predicted octanol–water partition coefficient (Wildman–Crippen LogP) is 6.04. The van der Waals surface area contributed by atoms with Crippen LogP contribution in [0.1, 0.15) is 12.5 Å². The molecule has 0 aliphatic heterocycles. The number of carbonyl (C=O) groups is 2. The van der Waals surface area contributed by atoms with Gasteiger partial charge in [0.05, 0.1) is 5.70 Å². The van der Waals surface area contributed by atoms with Crippen molar-refractivity contribution in [2.75, 3.05) is 7.05 Å². The largest absolute Gasteiger partial charge is 0.460 e. The van der Waals surface area contributed by atoms with Crippen LogP contribution >= 0.6 is 0 Å². The lowest BCUT2D eigenvalue weighted by atomic mass is 10.1. The number of hydrogen-bond donors (Lipinski definition) is 0. The zero-order chi connectivity index (χ0) is 28.7. The second kappa shape index (κ2) is 9.42. The molecule has 0 spiro atoms. The van der Waals surface area contributed by atoms with Gasteiger partial charge in [0.1, 0.15) is 0 Å². The number of ether oxygens (including phenoxy) is 1. The number of benzene rings is 1. The zero-order valence-electron chi connectivity index (χ0n) is 17.4. The van der Waals surface area contributed by atoms with Gasteiger partial charge < -0.3 is 9.64 Å². The van der Waals surface area contributed by atoms with E-state index in [-0.39, 0.29) is 7.05 Å². The van der Waals surface area contributed by atoms with Crippen molar-refractivity contribution in [2.24, 2.45) is 0 Å². The molecular weight excluding hydrogens is 544 g/mol. The Morgan fingerprint density at radius 1 is 0.694 bits per heavy atom. The van der Waals surface area contributed by atoms with E-state index in [0.717, 1.165) is 30.3 Å². The minimum absolute atomic E-state index is 0.0806. The summed E-state index contributed by atoms with van der Waals surface area (Å²) in [6.45, 7) is 0.343. The molecule has 0 aliphatic rings. The van der Waals surface area contributed by atoms with E-state index in [1.807, 2.05) is 0 Å². The van der Waals surface area contributed by atoms with Crippen LogP contribution in [0.3, 0.4) is 0 Å². The van der Waals surface area contributed by atoms with E-state index < -0.39 is 69.8 Å². The van der Waals surface area contributed by atoms with Crippen molar-refractivity contribution in [1.29, 1.82) is 0 Å². The third-order valence-corrected chi connectivity index (χ3v) is 4.39. The Bertz CT molecular complexity index is 1010. The highest BCUT2D eigenvalue weighted by Crippen LogP contribution is 2.49. The molecule has 0 radical (unpaired) electrons. The van der Waals surface area contributed by atoms with Crippen LogP contribution in [0, 0.1) is 0 Å². The van der Waals surface area contributed by atoms with Crippen LogP contribution in [0.5, 0.6) is 0 Å². The molecule has 0 heterocycles. The molecule has 0 bridgehead atoms. The molecule has 4 nitrogen and oxygen atoms in total. The third kappa shape index (κ3) is 5.21. The molecule has 0 unspecified atom stereocenters. The van der Waals surface area contributed by atoms with Crippen molar-refractivity contribution in [1.82, 2.24) is 4.90 Å². The van der Waals surface area contributed by atoms with E-state index in [1.165, 1.54) is 0 Å². The fourth-order valence-corrected chi connectivity index (χ4v) is 2.22. The van der Waals surface area contributed by atoms with Crippen LogP contribution in [0.2, 0.25) is 0 Å². The molecule has 0 saturated carbocycles. The number of carbonyl (C=O) groups excluding carboxylic acids is 2. The van der Waals surface area contributed by atoms with E-state index >= 15 is 0 Å². The number of rotatable bonds is 7. The molecule has 1 aromatic rings. The second-order valence-corrected chi connectivity index (χ2v) is 6.83. The van der Waals surface area contributed by atoms with E-state index in [0.29, 0.717) is 6.92 Å². The first-order chi connectivity index (χ1) is 15.9. The van der Waals surface area contributed by atoms with Gasteiger partial charge in [0.25, 0.3) is 0 Å². The van der Waals surface area contributed by atoms with Crippen LogP contribution in [-0.4, -0.2) is 59.9 Å². The number of nitrogens with zero attached hydrogens (tertiary/aromatic N) is 1. The summed E-state index contributed by atoms with van der Waals surface area (Å²) >= 11 is 0. The van der Waals surface area contributed by atoms with Gasteiger partial charge in [0.15, 0.2) is 5.76 Å². The number of amides is 1.